The van der Waals surface area contributed by atoms with Gasteiger partial charge in [-0.05, 0) is 19.8 Å². The van der Waals surface area contributed by atoms with Gasteiger partial charge in [-0.3, -0.25) is 4.79 Å². The minimum Gasteiger partial charge on any atom is -0.355 e. The molecule has 1 aromatic rings. The summed E-state index contributed by atoms with van der Waals surface area (Å²) in [7, 11) is 0. The van der Waals surface area contributed by atoms with Crippen LogP contribution in [-0.2, 0) is 11.2 Å². The van der Waals surface area contributed by atoms with Gasteiger partial charge in [0.15, 0.2) is 0 Å². The number of carbonyl (C=O) groups excluding carboxylic acids is 1. The molecule has 17 heavy (non-hydrogen) atoms. The second-order valence-electron chi connectivity index (χ2n) is 4.19. The lowest BCUT2D eigenvalue weighted by atomic mass is 9.88. The monoisotopic (exact) mass is 234 g/mol. The van der Waals surface area contributed by atoms with Gasteiger partial charge in [0.1, 0.15) is 11.2 Å². The summed E-state index contributed by atoms with van der Waals surface area (Å²) >= 11 is 0. The van der Waals surface area contributed by atoms with Crippen molar-refractivity contribution in [2.45, 2.75) is 33.1 Å². The molecule has 5 heteroatoms. The second kappa shape index (κ2) is 6.04. The molecule has 5 nitrogen and oxygen atoms in total. The molecule has 0 spiro atoms. The molecule has 1 unspecified atom stereocenters. The molecule has 2 N–H and O–H groups in total. The summed E-state index contributed by atoms with van der Waals surface area (Å²) in [5.74, 6) is 0.722. The van der Waals surface area contributed by atoms with Crippen molar-refractivity contribution in [3.05, 3.63) is 18.2 Å². The molecule has 1 atom stereocenters. The Hall–Kier alpha value is -1.83. The number of imidazole rings is 1. The molecule has 0 saturated carbocycles. The number of hydrogen-bond donors (Lipinski definition) is 2. The number of aryl methyl sites for hydroxylation is 1. The molecule has 1 heterocycles. The van der Waals surface area contributed by atoms with E-state index in [4.69, 9.17) is 5.26 Å². The fourth-order valence-corrected chi connectivity index (χ4v) is 1.38. The van der Waals surface area contributed by atoms with Gasteiger partial charge in [0.2, 0.25) is 5.91 Å². The number of H-pyrrole nitrogens is 1. The molecule has 0 aliphatic rings. The highest BCUT2D eigenvalue weighted by Crippen LogP contribution is 2.19. The number of nitriles is 1. The largest absolute Gasteiger partial charge is 0.355 e. The van der Waals surface area contributed by atoms with Crippen molar-refractivity contribution in [2.24, 2.45) is 5.41 Å². The maximum absolute atomic E-state index is 11.7. The van der Waals surface area contributed by atoms with E-state index < -0.39 is 5.41 Å². The standard InChI is InChI=1S/C12H18N4O/c1-3-12(2,9-13)11(17)16-6-4-5-10-14-7-8-15-10/h7-8H,3-6H2,1-2H3,(H,14,15)(H,16,17). The molecule has 92 valence electrons. The minimum absolute atomic E-state index is 0.193. The Bertz CT molecular complexity index is 393. The third-order valence-electron chi connectivity index (χ3n) is 2.89. The van der Waals surface area contributed by atoms with E-state index in [2.05, 4.69) is 21.4 Å². The van der Waals surface area contributed by atoms with Crippen LogP contribution in [0.15, 0.2) is 12.4 Å². The van der Waals surface area contributed by atoms with Gasteiger partial charge in [-0.1, -0.05) is 6.92 Å². The Balaban J connectivity index is 2.27. The Labute approximate surface area is 101 Å². The van der Waals surface area contributed by atoms with Gasteiger partial charge in [0, 0.05) is 25.4 Å². The Morgan fingerprint density at radius 2 is 2.47 bits per heavy atom. The summed E-state index contributed by atoms with van der Waals surface area (Å²) in [5, 5.41) is 11.7. The fourth-order valence-electron chi connectivity index (χ4n) is 1.38. The van der Waals surface area contributed by atoms with Crippen molar-refractivity contribution in [1.82, 2.24) is 15.3 Å². The fraction of sp³-hybridized carbons (Fsp3) is 0.583. The normalized spacial score (nSPS) is 13.7. The smallest absolute Gasteiger partial charge is 0.240 e. The zero-order chi connectivity index (χ0) is 12.7. The number of aromatic amines is 1. The summed E-state index contributed by atoms with van der Waals surface area (Å²) < 4.78 is 0. The van der Waals surface area contributed by atoms with Crippen LogP contribution in [0.1, 0.15) is 32.5 Å². The summed E-state index contributed by atoms with van der Waals surface area (Å²) in [6, 6.07) is 2.05. The van der Waals surface area contributed by atoms with Crippen molar-refractivity contribution in [3.63, 3.8) is 0 Å². The molecule has 0 saturated heterocycles. The third-order valence-corrected chi connectivity index (χ3v) is 2.89. The summed E-state index contributed by atoms with van der Waals surface area (Å²) in [6.07, 6.45) is 5.61. The second-order valence-corrected chi connectivity index (χ2v) is 4.19. The average Bonchev–Trinajstić information content (AvgIpc) is 2.86. The van der Waals surface area contributed by atoms with Crippen molar-refractivity contribution in [1.29, 1.82) is 5.26 Å². The molecular formula is C12H18N4O. The van der Waals surface area contributed by atoms with Crippen LogP contribution in [0.5, 0.6) is 0 Å². The molecule has 0 aliphatic carbocycles. The van der Waals surface area contributed by atoms with E-state index in [0.29, 0.717) is 13.0 Å². The number of nitrogens with one attached hydrogen (secondary N) is 2. The number of nitrogens with zero attached hydrogens (tertiary/aromatic N) is 2. The van der Waals surface area contributed by atoms with E-state index in [1.54, 1.807) is 19.3 Å². The molecule has 0 bridgehead atoms. The summed E-state index contributed by atoms with van der Waals surface area (Å²) in [5.41, 5.74) is -0.912. The summed E-state index contributed by atoms with van der Waals surface area (Å²) in [6.45, 7) is 4.07. The lowest BCUT2D eigenvalue weighted by molar-refractivity contribution is -0.127. The highest BCUT2D eigenvalue weighted by molar-refractivity contribution is 5.84. The van der Waals surface area contributed by atoms with Crippen LogP contribution in [0.25, 0.3) is 0 Å². The van der Waals surface area contributed by atoms with Crippen LogP contribution in [0.2, 0.25) is 0 Å². The highest BCUT2D eigenvalue weighted by Gasteiger charge is 2.30. The zero-order valence-electron chi connectivity index (χ0n) is 10.3. The Kier molecular flexibility index (Phi) is 4.70. The predicted molar refractivity (Wildman–Crippen MR) is 63.9 cm³/mol. The SMILES string of the molecule is CCC(C)(C#N)C(=O)NCCCc1ncc[nH]1. The van der Waals surface area contributed by atoms with Gasteiger partial charge in [0.25, 0.3) is 0 Å². The maximum atomic E-state index is 11.7. The number of aromatic nitrogens is 2. The van der Waals surface area contributed by atoms with Crippen LogP contribution < -0.4 is 5.32 Å². The molecule has 1 aromatic heterocycles. The molecule has 0 fully saturated rings. The first-order chi connectivity index (χ1) is 8.12. The molecule has 1 amide bonds. The van der Waals surface area contributed by atoms with Crippen LogP contribution in [0.3, 0.4) is 0 Å². The topological polar surface area (TPSA) is 81.6 Å². The maximum Gasteiger partial charge on any atom is 0.240 e. The van der Waals surface area contributed by atoms with Gasteiger partial charge >= 0.3 is 0 Å². The van der Waals surface area contributed by atoms with E-state index in [9.17, 15) is 4.79 Å². The Morgan fingerprint density at radius 3 is 3.00 bits per heavy atom. The third kappa shape index (κ3) is 3.59. The zero-order valence-corrected chi connectivity index (χ0v) is 10.3. The lowest BCUT2D eigenvalue weighted by Gasteiger charge is -2.18. The molecule has 0 radical (unpaired) electrons. The first kappa shape index (κ1) is 13.2. The number of carbonyl (C=O) groups is 1. The van der Waals surface area contributed by atoms with Gasteiger partial charge in [-0.2, -0.15) is 5.26 Å². The van der Waals surface area contributed by atoms with Crippen LogP contribution >= 0.6 is 0 Å². The number of rotatable bonds is 6. The van der Waals surface area contributed by atoms with Crippen molar-refractivity contribution >= 4 is 5.91 Å². The van der Waals surface area contributed by atoms with Crippen molar-refractivity contribution in [3.8, 4) is 6.07 Å². The van der Waals surface area contributed by atoms with E-state index in [-0.39, 0.29) is 5.91 Å². The Morgan fingerprint density at radius 1 is 1.71 bits per heavy atom. The van der Waals surface area contributed by atoms with Gasteiger partial charge < -0.3 is 10.3 Å². The predicted octanol–water partition coefficient (Wildman–Crippen LogP) is 1.40. The van der Waals surface area contributed by atoms with Crippen molar-refractivity contribution < 1.29 is 4.79 Å². The lowest BCUT2D eigenvalue weighted by Crippen LogP contribution is -2.38. The van der Waals surface area contributed by atoms with E-state index in [0.717, 1.165) is 18.7 Å². The first-order valence-electron chi connectivity index (χ1n) is 5.80. The minimum atomic E-state index is -0.912. The number of hydrogen-bond acceptors (Lipinski definition) is 3. The first-order valence-corrected chi connectivity index (χ1v) is 5.80. The van der Waals surface area contributed by atoms with Gasteiger partial charge in [-0.15, -0.1) is 0 Å². The average molecular weight is 234 g/mol. The molecule has 0 aromatic carbocycles. The van der Waals surface area contributed by atoms with Crippen LogP contribution in [0, 0.1) is 16.7 Å². The van der Waals surface area contributed by atoms with Crippen molar-refractivity contribution in [2.75, 3.05) is 6.54 Å². The molecular weight excluding hydrogens is 216 g/mol. The number of amides is 1. The van der Waals surface area contributed by atoms with E-state index in [1.165, 1.54) is 0 Å². The summed E-state index contributed by atoms with van der Waals surface area (Å²) in [4.78, 5) is 18.8. The van der Waals surface area contributed by atoms with E-state index in [1.807, 2.05) is 6.92 Å². The quantitative estimate of drug-likeness (QED) is 0.730. The van der Waals surface area contributed by atoms with Crippen LogP contribution in [-0.4, -0.2) is 22.4 Å². The van der Waals surface area contributed by atoms with Gasteiger partial charge in [-0.25, -0.2) is 4.98 Å². The van der Waals surface area contributed by atoms with Gasteiger partial charge in [0.05, 0.1) is 6.07 Å². The highest BCUT2D eigenvalue weighted by atomic mass is 16.2. The van der Waals surface area contributed by atoms with Crippen LogP contribution in [0.4, 0.5) is 0 Å². The van der Waals surface area contributed by atoms with E-state index >= 15 is 0 Å². The molecule has 1 rings (SSSR count). The molecule has 0 aliphatic heterocycles.